The number of carbonyl (C=O) groups is 4. The van der Waals surface area contributed by atoms with Crippen molar-refractivity contribution in [2.75, 3.05) is 28.8 Å². The number of aryl methyl sites for hydroxylation is 1. The monoisotopic (exact) mass is 623 g/mol. The second kappa shape index (κ2) is 11.4. The molecule has 2 aliphatic heterocycles. The quantitative estimate of drug-likeness (QED) is 0.0358. The third kappa shape index (κ3) is 6.00. The Kier molecular flexibility index (Phi) is 8.31. The molecule has 4 heterocycles. The number of β-lactam (4-membered cyclic amide) rings is 1. The number of nitrogen functional groups attached to an aromatic ring is 3. The van der Waals surface area contributed by atoms with Crippen LogP contribution in [0.2, 0.25) is 0 Å². The molecule has 218 valence electrons. The zero-order chi connectivity index (χ0) is 30.2. The Balaban J connectivity index is 1.53. The number of carboxylic acid groups (broad SMARTS) is 2. The number of hydrogen-bond donors (Lipinski definition) is 5. The molecule has 0 aromatic carbocycles. The van der Waals surface area contributed by atoms with E-state index in [4.69, 9.17) is 22.1 Å². The van der Waals surface area contributed by atoms with Gasteiger partial charge in [0.05, 0.1) is 17.2 Å². The maximum absolute atomic E-state index is 13.2. The maximum atomic E-state index is 13.2. The number of carbonyl (C=O) groups excluding carboxylic acids is 3. The van der Waals surface area contributed by atoms with Gasteiger partial charge in [-0.2, -0.15) is 0 Å². The Morgan fingerprint density at radius 3 is 2.68 bits per heavy atom. The van der Waals surface area contributed by atoms with Crippen LogP contribution in [0.15, 0.2) is 33.2 Å². The number of aliphatic carboxylic acids is 2. The molecule has 2 aromatic rings. The van der Waals surface area contributed by atoms with Gasteiger partial charge in [0, 0.05) is 16.9 Å². The zero-order valence-electron chi connectivity index (χ0n) is 21.8. The highest BCUT2D eigenvalue weighted by atomic mass is 32.2. The molecule has 16 nitrogen and oxygen atoms in total. The minimum absolute atomic E-state index is 0.00300. The number of amides is 2. The number of rotatable bonds is 10. The lowest BCUT2D eigenvalue weighted by molar-refractivity contribution is -0.682. The van der Waals surface area contributed by atoms with Crippen LogP contribution >= 0.6 is 34.9 Å². The third-order valence-electron chi connectivity index (χ3n) is 5.94. The molecule has 0 radical (unpaired) electrons. The molecule has 0 aliphatic carbocycles. The molecule has 2 atom stereocenters. The van der Waals surface area contributed by atoms with E-state index >= 15 is 0 Å². The average Bonchev–Trinajstić information content (AvgIpc) is 3.33. The van der Waals surface area contributed by atoms with Crippen molar-refractivity contribution in [3.05, 3.63) is 34.1 Å². The Morgan fingerprint density at radius 1 is 1.37 bits per heavy atom. The van der Waals surface area contributed by atoms with Crippen molar-refractivity contribution < 1.29 is 38.9 Å². The molecular weight excluding hydrogens is 598 g/mol. The average molecular weight is 624 g/mol. The lowest BCUT2D eigenvalue weighted by Crippen LogP contribution is -2.71. The topological polar surface area (TPSA) is 256 Å². The van der Waals surface area contributed by atoms with Crippen LogP contribution in [0.4, 0.5) is 10.9 Å². The Labute approximate surface area is 245 Å². The number of anilines is 2. The highest BCUT2D eigenvalue weighted by molar-refractivity contribution is 8.01. The molecular formula is C22H25N9O7S3. The van der Waals surface area contributed by atoms with E-state index < -0.39 is 46.5 Å². The Morgan fingerprint density at radius 2 is 2.07 bits per heavy atom. The largest absolute Gasteiger partial charge is 0.543 e. The SMILES string of the molecule is Cc1c[n+](N)c(SCC2=C(C(=O)[O-])N3C(=O)C(NC(=O)/C(=N\OC(C)(C)C(=O)O)c4csc(N)n4)[C@H]3SC2)nc1N. The second-order valence-electron chi connectivity index (χ2n) is 9.31. The number of nitrogens with one attached hydrogen (secondary N) is 1. The van der Waals surface area contributed by atoms with Crippen LogP contribution in [0.1, 0.15) is 25.1 Å². The minimum Gasteiger partial charge on any atom is -0.543 e. The summed E-state index contributed by atoms with van der Waals surface area (Å²) in [6, 6.07) is -1.12. The first kappa shape index (κ1) is 29.9. The lowest BCUT2D eigenvalue weighted by atomic mass is 10.0. The van der Waals surface area contributed by atoms with E-state index in [2.05, 4.69) is 20.4 Å². The van der Waals surface area contributed by atoms with E-state index in [1.54, 1.807) is 13.1 Å². The van der Waals surface area contributed by atoms with Crippen LogP contribution in [0.3, 0.4) is 0 Å². The van der Waals surface area contributed by atoms with Gasteiger partial charge in [-0.1, -0.05) is 5.16 Å². The number of carboxylic acids is 2. The lowest BCUT2D eigenvalue weighted by Gasteiger charge is -2.50. The van der Waals surface area contributed by atoms with Crippen LogP contribution in [0, 0.1) is 6.92 Å². The molecule has 2 aliphatic rings. The highest BCUT2D eigenvalue weighted by Crippen LogP contribution is 2.41. The van der Waals surface area contributed by atoms with Crippen molar-refractivity contribution >= 4 is 75.3 Å². The summed E-state index contributed by atoms with van der Waals surface area (Å²) in [6.45, 7) is 4.21. The van der Waals surface area contributed by atoms with Gasteiger partial charge in [-0.15, -0.1) is 27.8 Å². The summed E-state index contributed by atoms with van der Waals surface area (Å²) in [5, 5.41) is 28.7. The van der Waals surface area contributed by atoms with Gasteiger partial charge in [-0.3, -0.25) is 20.3 Å². The van der Waals surface area contributed by atoms with E-state index in [0.29, 0.717) is 16.3 Å². The fourth-order valence-corrected chi connectivity index (χ4v) is 6.56. The van der Waals surface area contributed by atoms with E-state index in [1.807, 2.05) is 0 Å². The van der Waals surface area contributed by atoms with Crippen LogP contribution < -0.4 is 32.4 Å². The zero-order valence-corrected chi connectivity index (χ0v) is 24.3. The fourth-order valence-electron chi connectivity index (χ4n) is 3.63. The number of nitrogens with two attached hydrogens (primary N) is 3. The van der Waals surface area contributed by atoms with Crippen molar-refractivity contribution in [1.82, 2.24) is 20.2 Å². The number of nitrogens with zero attached hydrogens (tertiary/aromatic N) is 5. The van der Waals surface area contributed by atoms with Gasteiger partial charge in [0.2, 0.25) is 11.4 Å². The Hall–Kier alpha value is -4.10. The van der Waals surface area contributed by atoms with Crippen molar-refractivity contribution in [3.63, 3.8) is 0 Å². The third-order valence-corrected chi connectivity index (χ3v) is 9.00. The number of oxime groups is 1. The summed E-state index contributed by atoms with van der Waals surface area (Å²) in [6.07, 6.45) is 1.59. The van der Waals surface area contributed by atoms with Gasteiger partial charge in [0.15, 0.2) is 10.8 Å². The van der Waals surface area contributed by atoms with Crippen LogP contribution in [-0.2, 0) is 24.0 Å². The van der Waals surface area contributed by atoms with E-state index in [-0.39, 0.29) is 33.8 Å². The van der Waals surface area contributed by atoms with Gasteiger partial charge < -0.3 is 36.6 Å². The van der Waals surface area contributed by atoms with E-state index in [9.17, 15) is 29.4 Å². The first-order chi connectivity index (χ1) is 19.2. The highest BCUT2D eigenvalue weighted by Gasteiger charge is 2.53. The molecule has 0 bridgehead atoms. The standard InChI is InChI=1S/C22H25N9O7S3/c1-8-4-30(25)21(28-14(8)23)41-6-9-5-39-17-12(16(33)31(17)13(9)18(34)35)27-15(32)11(10-7-40-20(24)26-10)29-38-22(2,3)19(36)37/h4,7,12,17,23H,5-6,25H2,1-3H3,(H5,24,26,27,32,34,35,36,37)/b29-11-/t12?,17-/m1/s1. The predicted octanol–water partition coefficient (Wildman–Crippen LogP) is -2.21. The van der Waals surface area contributed by atoms with Crippen molar-refractivity contribution in [2.45, 2.75) is 42.9 Å². The molecule has 8 N–H and O–H groups in total. The van der Waals surface area contributed by atoms with E-state index in [1.165, 1.54) is 35.7 Å². The van der Waals surface area contributed by atoms with Gasteiger partial charge in [-0.25, -0.2) is 9.78 Å². The number of thioether (sulfide) groups is 2. The van der Waals surface area contributed by atoms with Crippen LogP contribution in [0.25, 0.3) is 0 Å². The summed E-state index contributed by atoms with van der Waals surface area (Å²) >= 11 is 3.39. The van der Waals surface area contributed by atoms with Crippen molar-refractivity contribution in [1.29, 1.82) is 0 Å². The van der Waals surface area contributed by atoms with Crippen molar-refractivity contribution in [2.24, 2.45) is 5.16 Å². The fraction of sp³-hybridized carbons (Fsp3) is 0.364. The van der Waals surface area contributed by atoms with Gasteiger partial charge >= 0.3 is 11.1 Å². The van der Waals surface area contributed by atoms with Crippen LogP contribution in [-0.4, -0.2) is 78.0 Å². The molecule has 1 unspecified atom stereocenters. The smallest absolute Gasteiger partial charge is 0.384 e. The summed E-state index contributed by atoms with van der Waals surface area (Å²) in [5.41, 5.74) is 10.1. The van der Waals surface area contributed by atoms with E-state index in [0.717, 1.165) is 28.0 Å². The molecule has 41 heavy (non-hydrogen) atoms. The number of aromatic nitrogens is 3. The maximum Gasteiger partial charge on any atom is 0.384 e. The number of fused-ring (bicyclic) bond motifs is 1. The summed E-state index contributed by atoms with van der Waals surface area (Å²) in [4.78, 5) is 64.1. The molecule has 1 fully saturated rings. The first-order valence-corrected chi connectivity index (χ1v) is 14.6. The molecule has 2 aromatic heterocycles. The molecule has 2 amide bonds. The second-order valence-corrected chi connectivity index (χ2v) is 12.2. The van der Waals surface area contributed by atoms with Crippen LogP contribution in [0.5, 0.6) is 0 Å². The molecule has 19 heteroatoms. The molecule has 0 spiro atoms. The minimum atomic E-state index is -1.78. The number of hydrogen-bond acceptors (Lipinski definition) is 15. The molecule has 4 rings (SSSR count). The summed E-state index contributed by atoms with van der Waals surface area (Å²) < 4.78 is 1.27. The molecule has 0 saturated carbocycles. The first-order valence-electron chi connectivity index (χ1n) is 11.7. The summed E-state index contributed by atoms with van der Waals surface area (Å²) in [7, 11) is 0. The predicted molar refractivity (Wildman–Crippen MR) is 147 cm³/mol. The van der Waals surface area contributed by atoms with Crippen molar-refractivity contribution in [3.8, 4) is 0 Å². The molecule has 1 saturated heterocycles. The van der Waals surface area contributed by atoms with Gasteiger partial charge in [0.1, 0.15) is 23.3 Å². The van der Waals surface area contributed by atoms with Gasteiger partial charge in [-0.05, 0) is 43.1 Å². The Bertz CT molecular complexity index is 1510. The normalized spacial score (nSPS) is 19.0. The summed E-state index contributed by atoms with van der Waals surface area (Å²) in [5.74, 6) is 2.09. The van der Waals surface area contributed by atoms with Gasteiger partial charge in [0.25, 0.3) is 11.8 Å². The number of thiazole rings is 1.